The van der Waals surface area contributed by atoms with Gasteiger partial charge in [-0.25, -0.2) is 13.2 Å². The van der Waals surface area contributed by atoms with Crippen molar-refractivity contribution in [3.8, 4) is 0 Å². The molecule has 0 atom stereocenters. The van der Waals surface area contributed by atoms with Crippen LogP contribution in [0.3, 0.4) is 0 Å². The first-order valence-electron chi connectivity index (χ1n) is 5.70. The van der Waals surface area contributed by atoms with Crippen LogP contribution in [0.15, 0.2) is 16.7 Å². The van der Waals surface area contributed by atoms with Crippen LogP contribution in [0.25, 0.3) is 0 Å². The maximum atomic E-state index is 11.5. The number of carboxylic acids is 1. The summed E-state index contributed by atoms with van der Waals surface area (Å²) in [5.41, 5.74) is 0.585. The summed E-state index contributed by atoms with van der Waals surface area (Å²) in [6.07, 6.45) is 1.93. The Morgan fingerprint density at radius 3 is 2.89 bits per heavy atom. The second kappa shape index (κ2) is 5.11. The van der Waals surface area contributed by atoms with E-state index < -0.39 is 15.8 Å². The topological polar surface area (TPSA) is 87.8 Å². The third kappa shape index (κ3) is 3.11. The SMILES string of the molecule is O=C(O)c1occc1CN1CCCS(=O)(=O)CC1. The standard InChI is InChI=1S/C11H15NO5S/c13-11(14)10-9(2-5-17-10)8-12-3-1-6-18(15,16)7-4-12/h2,5H,1,3-4,6-8H2,(H,13,14). The van der Waals surface area contributed by atoms with Gasteiger partial charge in [0.25, 0.3) is 0 Å². The summed E-state index contributed by atoms with van der Waals surface area (Å²) < 4.78 is 27.8. The van der Waals surface area contributed by atoms with Crippen LogP contribution in [0.5, 0.6) is 0 Å². The van der Waals surface area contributed by atoms with E-state index in [1.165, 1.54) is 6.26 Å². The molecule has 18 heavy (non-hydrogen) atoms. The highest BCUT2D eigenvalue weighted by Crippen LogP contribution is 2.15. The van der Waals surface area contributed by atoms with E-state index in [1.807, 2.05) is 4.90 Å². The second-order valence-corrected chi connectivity index (χ2v) is 6.67. The number of furan rings is 1. The van der Waals surface area contributed by atoms with E-state index in [9.17, 15) is 13.2 Å². The van der Waals surface area contributed by atoms with E-state index in [2.05, 4.69) is 0 Å². The van der Waals surface area contributed by atoms with Gasteiger partial charge in [-0.2, -0.15) is 0 Å². The van der Waals surface area contributed by atoms with Crippen molar-refractivity contribution in [2.75, 3.05) is 24.6 Å². The van der Waals surface area contributed by atoms with Crippen LogP contribution in [0.1, 0.15) is 22.5 Å². The molecule has 0 aromatic carbocycles. The molecule has 2 rings (SSSR count). The molecule has 0 bridgehead atoms. The van der Waals surface area contributed by atoms with Gasteiger partial charge < -0.3 is 9.52 Å². The minimum atomic E-state index is -2.94. The number of carbonyl (C=O) groups is 1. The summed E-state index contributed by atoms with van der Waals surface area (Å²) in [7, 11) is -2.94. The van der Waals surface area contributed by atoms with Crippen LogP contribution < -0.4 is 0 Å². The van der Waals surface area contributed by atoms with Gasteiger partial charge in [0, 0.05) is 18.7 Å². The average Bonchev–Trinajstić information content (AvgIpc) is 2.66. The van der Waals surface area contributed by atoms with Crippen molar-refractivity contribution in [1.82, 2.24) is 4.90 Å². The summed E-state index contributed by atoms with van der Waals surface area (Å²) in [5, 5.41) is 8.91. The molecule has 0 spiro atoms. The van der Waals surface area contributed by atoms with Crippen LogP contribution >= 0.6 is 0 Å². The number of hydrogen-bond donors (Lipinski definition) is 1. The van der Waals surface area contributed by atoms with Crippen LogP contribution in [-0.2, 0) is 16.4 Å². The molecule has 1 fully saturated rings. The van der Waals surface area contributed by atoms with E-state index in [-0.39, 0.29) is 17.3 Å². The highest BCUT2D eigenvalue weighted by atomic mass is 32.2. The molecule has 6 nitrogen and oxygen atoms in total. The van der Waals surface area contributed by atoms with Crippen molar-refractivity contribution < 1.29 is 22.7 Å². The van der Waals surface area contributed by atoms with E-state index >= 15 is 0 Å². The lowest BCUT2D eigenvalue weighted by molar-refractivity contribution is 0.0659. The van der Waals surface area contributed by atoms with Crippen LogP contribution in [0.2, 0.25) is 0 Å². The molecule has 7 heteroatoms. The Labute approximate surface area is 105 Å². The first kappa shape index (κ1) is 13.1. The van der Waals surface area contributed by atoms with E-state index in [4.69, 9.17) is 9.52 Å². The highest BCUT2D eigenvalue weighted by Gasteiger charge is 2.21. The summed E-state index contributed by atoms with van der Waals surface area (Å²) >= 11 is 0. The first-order valence-corrected chi connectivity index (χ1v) is 7.52. The molecular weight excluding hydrogens is 258 g/mol. The molecule has 0 saturated carbocycles. The Morgan fingerprint density at radius 1 is 1.39 bits per heavy atom. The van der Waals surface area contributed by atoms with Crippen molar-refractivity contribution in [2.45, 2.75) is 13.0 Å². The molecule has 1 N–H and O–H groups in total. The molecule has 1 saturated heterocycles. The third-order valence-electron chi connectivity index (χ3n) is 2.98. The van der Waals surface area contributed by atoms with Gasteiger partial charge >= 0.3 is 5.97 Å². The molecular formula is C11H15NO5S. The molecule has 1 aliphatic heterocycles. The highest BCUT2D eigenvalue weighted by molar-refractivity contribution is 7.91. The number of sulfone groups is 1. The normalized spacial score (nSPS) is 20.4. The van der Waals surface area contributed by atoms with Crippen molar-refractivity contribution in [1.29, 1.82) is 0 Å². The lowest BCUT2D eigenvalue weighted by Gasteiger charge is -2.18. The zero-order valence-electron chi connectivity index (χ0n) is 9.83. The molecule has 1 aliphatic rings. The number of carboxylic acid groups (broad SMARTS) is 1. The van der Waals surface area contributed by atoms with Gasteiger partial charge in [0.2, 0.25) is 5.76 Å². The summed E-state index contributed by atoms with van der Waals surface area (Å²) in [6.45, 7) is 1.50. The van der Waals surface area contributed by atoms with Crippen molar-refractivity contribution in [3.05, 3.63) is 23.7 Å². The van der Waals surface area contributed by atoms with Gasteiger partial charge in [-0.3, -0.25) is 4.90 Å². The van der Waals surface area contributed by atoms with Crippen molar-refractivity contribution in [3.63, 3.8) is 0 Å². The van der Waals surface area contributed by atoms with Gasteiger partial charge in [-0.05, 0) is 19.0 Å². The van der Waals surface area contributed by atoms with E-state index in [0.29, 0.717) is 31.6 Å². The van der Waals surface area contributed by atoms with Gasteiger partial charge in [0.1, 0.15) is 0 Å². The fourth-order valence-electron chi connectivity index (χ4n) is 2.04. The Balaban J connectivity index is 2.05. The quantitative estimate of drug-likeness (QED) is 0.867. The number of nitrogens with zero attached hydrogens (tertiary/aromatic N) is 1. The predicted molar refractivity (Wildman–Crippen MR) is 64.2 cm³/mol. The molecule has 0 aliphatic carbocycles. The fourth-order valence-corrected chi connectivity index (χ4v) is 3.35. The Hall–Kier alpha value is -1.34. The minimum absolute atomic E-state index is 0.0675. The molecule has 100 valence electrons. The number of hydrogen-bond acceptors (Lipinski definition) is 5. The lowest BCUT2D eigenvalue weighted by atomic mass is 10.2. The number of aromatic carboxylic acids is 1. The summed E-state index contributed by atoms with van der Waals surface area (Å²) in [4.78, 5) is 12.8. The van der Waals surface area contributed by atoms with Gasteiger partial charge in [-0.1, -0.05) is 0 Å². The Morgan fingerprint density at radius 2 is 2.17 bits per heavy atom. The van der Waals surface area contributed by atoms with Gasteiger partial charge in [-0.15, -0.1) is 0 Å². The fraction of sp³-hybridized carbons (Fsp3) is 0.545. The molecule has 2 heterocycles. The molecule has 0 amide bonds. The van der Waals surface area contributed by atoms with Gasteiger partial charge in [0.05, 0.1) is 17.8 Å². The molecule has 0 radical (unpaired) electrons. The Kier molecular flexibility index (Phi) is 3.72. The Bertz CT molecular complexity index is 533. The zero-order valence-corrected chi connectivity index (χ0v) is 10.6. The maximum Gasteiger partial charge on any atom is 0.372 e. The minimum Gasteiger partial charge on any atom is -0.475 e. The summed E-state index contributed by atoms with van der Waals surface area (Å²) in [5.74, 6) is -0.826. The average molecular weight is 273 g/mol. The lowest BCUT2D eigenvalue weighted by Crippen LogP contribution is -2.27. The van der Waals surface area contributed by atoms with Gasteiger partial charge in [0.15, 0.2) is 9.84 Å². The summed E-state index contributed by atoms with van der Waals surface area (Å²) in [6, 6.07) is 1.61. The van der Waals surface area contributed by atoms with Crippen molar-refractivity contribution in [2.24, 2.45) is 0 Å². The zero-order chi connectivity index (χ0) is 13.2. The second-order valence-electron chi connectivity index (χ2n) is 4.36. The van der Waals surface area contributed by atoms with Crippen LogP contribution in [-0.4, -0.2) is 49.0 Å². The monoisotopic (exact) mass is 273 g/mol. The van der Waals surface area contributed by atoms with Crippen molar-refractivity contribution >= 4 is 15.8 Å². The molecule has 1 aromatic rings. The van der Waals surface area contributed by atoms with Crippen LogP contribution in [0, 0.1) is 0 Å². The maximum absolute atomic E-state index is 11.5. The number of rotatable bonds is 3. The van der Waals surface area contributed by atoms with E-state index in [1.54, 1.807) is 6.07 Å². The smallest absolute Gasteiger partial charge is 0.372 e. The largest absolute Gasteiger partial charge is 0.475 e. The van der Waals surface area contributed by atoms with Crippen LogP contribution in [0.4, 0.5) is 0 Å². The first-order chi connectivity index (χ1) is 8.48. The van der Waals surface area contributed by atoms with E-state index in [0.717, 1.165) is 0 Å². The molecule has 1 aromatic heterocycles. The molecule has 0 unspecified atom stereocenters. The predicted octanol–water partition coefficient (Wildman–Crippen LogP) is 0.598. The third-order valence-corrected chi connectivity index (χ3v) is 4.70.